The van der Waals surface area contributed by atoms with Gasteiger partial charge < -0.3 is 24.9 Å². The van der Waals surface area contributed by atoms with Crippen molar-refractivity contribution in [3.8, 4) is 5.75 Å². The predicted octanol–water partition coefficient (Wildman–Crippen LogP) is 3.20. The summed E-state index contributed by atoms with van der Waals surface area (Å²) in [7, 11) is 0. The van der Waals surface area contributed by atoms with E-state index in [1.807, 2.05) is 0 Å². The number of aromatic amines is 1. The first kappa shape index (κ1) is 21.0. The van der Waals surface area contributed by atoms with Crippen LogP contribution < -0.4 is 15.4 Å². The average molecular weight is 437 g/mol. The summed E-state index contributed by atoms with van der Waals surface area (Å²) in [6.07, 6.45) is 2.30. The quantitative estimate of drug-likeness (QED) is 0.389. The lowest BCUT2D eigenvalue weighted by Gasteiger charge is -2.05. The molecule has 0 bridgehead atoms. The lowest BCUT2D eigenvalue weighted by Crippen LogP contribution is -2.26. The third kappa shape index (κ3) is 5.09. The van der Waals surface area contributed by atoms with Crippen LogP contribution in [0, 0.1) is 5.82 Å². The van der Waals surface area contributed by atoms with Crippen LogP contribution in [0.4, 0.5) is 10.1 Å². The van der Waals surface area contributed by atoms with E-state index in [2.05, 4.69) is 25.8 Å². The number of carbonyl (C=O) groups excluding carboxylic acids is 2. The van der Waals surface area contributed by atoms with Crippen molar-refractivity contribution in [3.63, 3.8) is 0 Å². The number of rotatable bonds is 8. The fraction of sp³-hybridized carbons (Fsp3) is 0.182. The van der Waals surface area contributed by atoms with Gasteiger partial charge in [0.1, 0.15) is 11.6 Å². The van der Waals surface area contributed by atoms with Crippen LogP contribution in [-0.2, 0) is 17.8 Å². The molecule has 164 valence electrons. The zero-order valence-electron chi connectivity index (χ0n) is 17.1. The van der Waals surface area contributed by atoms with Gasteiger partial charge in [-0.3, -0.25) is 9.59 Å². The van der Waals surface area contributed by atoms with Gasteiger partial charge in [0.2, 0.25) is 11.7 Å². The van der Waals surface area contributed by atoms with E-state index in [1.54, 1.807) is 36.5 Å². The fourth-order valence-electron chi connectivity index (χ4n) is 3.13. The van der Waals surface area contributed by atoms with E-state index in [0.29, 0.717) is 24.4 Å². The Kier molecular flexibility index (Phi) is 6.11. The predicted molar refractivity (Wildman–Crippen MR) is 114 cm³/mol. The molecule has 0 unspecified atom stereocenters. The number of ether oxygens (including phenoxy) is 1. The molecular formula is C22H20FN5O4. The second kappa shape index (κ2) is 9.29. The summed E-state index contributed by atoms with van der Waals surface area (Å²) in [6, 6.07) is 11.3. The van der Waals surface area contributed by atoms with Crippen LogP contribution in [0.25, 0.3) is 10.9 Å². The molecule has 2 aromatic heterocycles. The molecule has 0 radical (unpaired) electrons. The number of fused-ring (bicyclic) bond motifs is 1. The molecule has 2 amide bonds. The summed E-state index contributed by atoms with van der Waals surface area (Å²) < 4.78 is 24.0. The van der Waals surface area contributed by atoms with Crippen LogP contribution in [0.2, 0.25) is 0 Å². The molecule has 0 atom stereocenters. The van der Waals surface area contributed by atoms with Crippen LogP contribution in [0.3, 0.4) is 0 Å². The molecule has 0 saturated heterocycles. The largest absolute Gasteiger partial charge is 0.485 e. The van der Waals surface area contributed by atoms with E-state index >= 15 is 0 Å². The van der Waals surface area contributed by atoms with Crippen molar-refractivity contribution in [1.29, 1.82) is 0 Å². The molecule has 4 aromatic rings. The monoisotopic (exact) mass is 437 g/mol. The molecule has 32 heavy (non-hydrogen) atoms. The zero-order valence-corrected chi connectivity index (χ0v) is 17.1. The first-order valence-corrected chi connectivity index (χ1v) is 9.84. The molecule has 10 heteroatoms. The van der Waals surface area contributed by atoms with Crippen LogP contribution in [0.5, 0.6) is 5.75 Å². The number of nitrogens with zero attached hydrogens (tertiary/aromatic N) is 2. The molecule has 4 rings (SSSR count). The highest BCUT2D eigenvalue weighted by Gasteiger charge is 2.15. The summed E-state index contributed by atoms with van der Waals surface area (Å²) in [5.74, 6) is -0.388. The van der Waals surface area contributed by atoms with Gasteiger partial charge >= 0.3 is 11.8 Å². The van der Waals surface area contributed by atoms with Gasteiger partial charge in [0, 0.05) is 36.3 Å². The first-order valence-electron chi connectivity index (χ1n) is 9.84. The van der Waals surface area contributed by atoms with E-state index in [9.17, 15) is 14.0 Å². The van der Waals surface area contributed by atoms with Crippen molar-refractivity contribution >= 4 is 28.4 Å². The molecule has 0 aliphatic heterocycles. The molecule has 9 nitrogen and oxygen atoms in total. The molecular weight excluding hydrogens is 417 g/mol. The highest BCUT2D eigenvalue weighted by atomic mass is 19.1. The highest BCUT2D eigenvalue weighted by molar-refractivity contribution is 5.89. The summed E-state index contributed by atoms with van der Waals surface area (Å²) in [4.78, 5) is 30.4. The summed E-state index contributed by atoms with van der Waals surface area (Å²) >= 11 is 0. The molecule has 2 heterocycles. The van der Waals surface area contributed by atoms with Gasteiger partial charge in [-0.1, -0.05) is 5.16 Å². The minimum Gasteiger partial charge on any atom is -0.485 e. The molecule has 3 N–H and O–H groups in total. The number of halogens is 1. The number of H-pyrrole nitrogens is 1. The second-order valence-corrected chi connectivity index (χ2v) is 7.02. The van der Waals surface area contributed by atoms with Crippen molar-refractivity contribution in [1.82, 2.24) is 20.4 Å². The second-order valence-electron chi connectivity index (χ2n) is 7.02. The number of benzene rings is 2. The fourth-order valence-corrected chi connectivity index (χ4v) is 3.13. The molecule has 0 aliphatic rings. The van der Waals surface area contributed by atoms with E-state index < -0.39 is 5.91 Å². The molecule has 0 aliphatic carbocycles. The maximum Gasteiger partial charge on any atom is 0.316 e. The van der Waals surface area contributed by atoms with Crippen LogP contribution >= 0.6 is 0 Å². The van der Waals surface area contributed by atoms with Gasteiger partial charge in [-0.15, -0.1) is 0 Å². The topological polar surface area (TPSA) is 122 Å². The van der Waals surface area contributed by atoms with Crippen molar-refractivity contribution in [2.45, 2.75) is 20.0 Å². The van der Waals surface area contributed by atoms with Gasteiger partial charge in [-0.05, 0) is 54.4 Å². The van der Waals surface area contributed by atoms with Gasteiger partial charge in [-0.25, -0.2) is 4.39 Å². The van der Waals surface area contributed by atoms with Crippen molar-refractivity contribution in [2.24, 2.45) is 0 Å². The smallest absolute Gasteiger partial charge is 0.316 e. The third-order valence-electron chi connectivity index (χ3n) is 4.61. The highest BCUT2D eigenvalue weighted by Crippen LogP contribution is 2.20. The molecule has 0 saturated carbocycles. The van der Waals surface area contributed by atoms with Crippen LogP contribution in [-0.4, -0.2) is 33.5 Å². The summed E-state index contributed by atoms with van der Waals surface area (Å²) in [5.41, 5.74) is 2.38. The standard InChI is InChI=1S/C22H20FN5O4/c1-13(29)26-16-3-5-17(6-4-16)31-12-20-27-22(32-28-20)21(30)24-9-8-14-11-25-19-7-2-15(23)10-18(14)19/h2-7,10-11,25H,8-9,12H2,1H3,(H,24,30)(H,26,29). The van der Waals surface area contributed by atoms with Crippen molar-refractivity contribution in [2.75, 3.05) is 11.9 Å². The number of hydrogen-bond acceptors (Lipinski definition) is 6. The molecule has 0 spiro atoms. The maximum absolute atomic E-state index is 13.5. The van der Waals surface area contributed by atoms with Crippen LogP contribution in [0.1, 0.15) is 29.0 Å². The third-order valence-corrected chi connectivity index (χ3v) is 4.61. The van der Waals surface area contributed by atoms with Crippen molar-refractivity contribution < 1.29 is 23.2 Å². The minimum absolute atomic E-state index is 0.0111. The Hall–Kier alpha value is -4.21. The van der Waals surface area contributed by atoms with Gasteiger partial charge in [0.25, 0.3) is 0 Å². The van der Waals surface area contributed by atoms with E-state index in [1.165, 1.54) is 19.1 Å². The van der Waals surface area contributed by atoms with Gasteiger partial charge in [-0.2, -0.15) is 4.98 Å². The number of carbonyl (C=O) groups is 2. The zero-order chi connectivity index (χ0) is 22.5. The van der Waals surface area contributed by atoms with Gasteiger partial charge in [0.15, 0.2) is 6.61 Å². The Balaban J connectivity index is 1.27. The average Bonchev–Trinajstić information content (AvgIpc) is 3.40. The number of hydrogen-bond donors (Lipinski definition) is 3. The number of anilines is 1. The minimum atomic E-state index is -0.505. The van der Waals surface area contributed by atoms with E-state index in [4.69, 9.17) is 9.26 Å². The Labute approximate surface area is 182 Å². The van der Waals surface area contributed by atoms with E-state index in [-0.39, 0.29) is 30.0 Å². The normalized spacial score (nSPS) is 10.8. The number of aromatic nitrogens is 3. The maximum atomic E-state index is 13.5. The Morgan fingerprint density at radius 1 is 1.19 bits per heavy atom. The Morgan fingerprint density at radius 2 is 2.00 bits per heavy atom. The first-order chi connectivity index (χ1) is 15.5. The van der Waals surface area contributed by atoms with Crippen LogP contribution in [0.15, 0.2) is 53.2 Å². The number of amides is 2. The van der Waals surface area contributed by atoms with Crippen molar-refractivity contribution in [3.05, 3.63) is 71.8 Å². The number of nitrogens with one attached hydrogen (secondary N) is 3. The SMILES string of the molecule is CC(=O)Nc1ccc(OCc2noc(C(=O)NCCc3c[nH]c4ccc(F)cc34)n2)cc1. The van der Waals surface area contributed by atoms with E-state index in [0.717, 1.165) is 16.5 Å². The summed E-state index contributed by atoms with van der Waals surface area (Å²) in [6.45, 7) is 1.76. The molecule has 2 aromatic carbocycles. The lowest BCUT2D eigenvalue weighted by atomic mass is 10.1. The lowest BCUT2D eigenvalue weighted by molar-refractivity contribution is -0.114. The molecule has 0 fully saturated rings. The van der Waals surface area contributed by atoms with Gasteiger partial charge in [0.05, 0.1) is 0 Å². The Morgan fingerprint density at radius 3 is 2.78 bits per heavy atom. The summed E-state index contributed by atoms with van der Waals surface area (Å²) in [5, 5.41) is 9.89. The Bertz CT molecular complexity index is 1250.